The van der Waals surface area contributed by atoms with Crippen molar-refractivity contribution in [3.63, 3.8) is 0 Å². The fourth-order valence-corrected chi connectivity index (χ4v) is 1.81. The first kappa shape index (κ1) is 12.7. The lowest BCUT2D eigenvalue weighted by molar-refractivity contribution is 0.174. The lowest BCUT2D eigenvalue weighted by Crippen LogP contribution is -2.23. The molecule has 1 heterocycles. The molecule has 3 heteroatoms. The van der Waals surface area contributed by atoms with E-state index in [1.165, 1.54) is 5.56 Å². The van der Waals surface area contributed by atoms with E-state index in [0.717, 1.165) is 18.5 Å². The van der Waals surface area contributed by atoms with Crippen molar-refractivity contribution >= 4 is 0 Å². The van der Waals surface area contributed by atoms with Gasteiger partial charge in [-0.15, -0.1) is 0 Å². The molecule has 18 heavy (non-hydrogen) atoms. The van der Waals surface area contributed by atoms with Crippen LogP contribution in [0.25, 0.3) is 0 Å². The summed E-state index contributed by atoms with van der Waals surface area (Å²) in [4.78, 5) is 3.99. The highest BCUT2D eigenvalue weighted by Gasteiger charge is 2.05. The Balaban J connectivity index is 1.70. The van der Waals surface area contributed by atoms with Crippen LogP contribution in [0.1, 0.15) is 17.2 Å². The lowest BCUT2D eigenvalue weighted by atomic mass is 10.1. The van der Waals surface area contributed by atoms with Gasteiger partial charge < -0.3 is 10.4 Å². The second kappa shape index (κ2) is 6.89. The van der Waals surface area contributed by atoms with Crippen LogP contribution in [-0.2, 0) is 6.42 Å². The van der Waals surface area contributed by atoms with Crippen LogP contribution in [0.3, 0.4) is 0 Å². The first-order valence-electron chi connectivity index (χ1n) is 6.19. The summed E-state index contributed by atoms with van der Waals surface area (Å²) >= 11 is 0. The topological polar surface area (TPSA) is 45.1 Å². The van der Waals surface area contributed by atoms with Gasteiger partial charge in [0.1, 0.15) is 0 Å². The zero-order valence-electron chi connectivity index (χ0n) is 10.3. The Bertz CT molecular complexity index is 445. The van der Waals surface area contributed by atoms with Gasteiger partial charge in [-0.3, -0.25) is 4.98 Å². The summed E-state index contributed by atoms with van der Waals surface area (Å²) < 4.78 is 0. The summed E-state index contributed by atoms with van der Waals surface area (Å²) in [5, 5.41) is 13.2. The zero-order chi connectivity index (χ0) is 12.6. The molecular weight excluding hydrogens is 224 g/mol. The summed E-state index contributed by atoms with van der Waals surface area (Å²) in [5.74, 6) is 0. The van der Waals surface area contributed by atoms with E-state index in [4.69, 9.17) is 0 Å². The predicted molar refractivity (Wildman–Crippen MR) is 72.2 cm³/mol. The maximum absolute atomic E-state index is 9.92. The molecular formula is C15H18N2O. The van der Waals surface area contributed by atoms with Gasteiger partial charge in [-0.2, -0.15) is 0 Å². The fraction of sp³-hybridized carbons (Fsp3) is 0.267. The number of nitrogens with one attached hydrogen (secondary N) is 1. The van der Waals surface area contributed by atoms with Crippen molar-refractivity contribution in [2.75, 3.05) is 13.1 Å². The highest BCUT2D eigenvalue weighted by atomic mass is 16.3. The van der Waals surface area contributed by atoms with E-state index in [0.29, 0.717) is 6.54 Å². The molecule has 0 amide bonds. The number of hydrogen-bond donors (Lipinski definition) is 2. The van der Waals surface area contributed by atoms with Gasteiger partial charge >= 0.3 is 0 Å². The molecule has 1 unspecified atom stereocenters. The smallest absolute Gasteiger partial charge is 0.0929 e. The standard InChI is InChI=1S/C15H18N2O/c18-15(14-7-4-9-16-11-14)12-17-10-8-13-5-2-1-3-6-13/h1-7,9,11,15,17-18H,8,10,12H2. The van der Waals surface area contributed by atoms with Crippen molar-refractivity contribution in [1.29, 1.82) is 0 Å². The summed E-state index contributed by atoms with van der Waals surface area (Å²) in [7, 11) is 0. The van der Waals surface area contributed by atoms with Crippen LogP contribution in [0, 0.1) is 0 Å². The minimum Gasteiger partial charge on any atom is -0.387 e. The van der Waals surface area contributed by atoms with E-state index < -0.39 is 6.10 Å². The number of aliphatic hydroxyl groups excluding tert-OH is 1. The van der Waals surface area contributed by atoms with Crippen LogP contribution in [0.2, 0.25) is 0 Å². The zero-order valence-corrected chi connectivity index (χ0v) is 10.3. The number of nitrogens with zero attached hydrogens (tertiary/aromatic N) is 1. The second-order valence-electron chi connectivity index (χ2n) is 4.24. The molecule has 0 saturated carbocycles. The van der Waals surface area contributed by atoms with Crippen molar-refractivity contribution in [3.8, 4) is 0 Å². The molecule has 3 nitrogen and oxygen atoms in total. The Kier molecular flexibility index (Phi) is 4.88. The third kappa shape index (κ3) is 3.95. The molecule has 0 spiro atoms. The Labute approximate surface area is 108 Å². The average molecular weight is 242 g/mol. The van der Waals surface area contributed by atoms with Gasteiger partial charge in [-0.05, 0) is 24.6 Å². The van der Waals surface area contributed by atoms with Crippen LogP contribution >= 0.6 is 0 Å². The highest BCUT2D eigenvalue weighted by molar-refractivity contribution is 5.15. The molecule has 2 aromatic rings. The van der Waals surface area contributed by atoms with Crippen LogP contribution in [0.15, 0.2) is 54.9 Å². The van der Waals surface area contributed by atoms with E-state index in [1.54, 1.807) is 12.4 Å². The summed E-state index contributed by atoms with van der Waals surface area (Å²) in [6.45, 7) is 1.42. The number of rotatable bonds is 6. The molecule has 2 rings (SSSR count). The number of aromatic nitrogens is 1. The van der Waals surface area contributed by atoms with Crippen molar-refractivity contribution in [1.82, 2.24) is 10.3 Å². The van der Waals surface area contributed by atoms with Gasteiger partial charge in [-0.1, -0.05) is 36.4 Å². The van der Waals surface area contributed by atoms with E-state index in [1.807, 2.05) is 30.3 Å². The van der Waals surface area contributed by atoms with Crippen molar-refractivity contribution in [2.45, 2.75) is 12.5 Å². The Morgan fingerprint density at radius 2 is 1.94 bits per heavy atom. The first-order valence-corrected chi connectivity index (χ1v) is 6.19. The van der Waals surface area contributed by atoms with Crippen LogP contribution in [-0.4, -0.2) is 23.2 Å². The summed E-state index contributed by atoms with van der Waals surface area (Å²) in [5.41, 5.74) is 2.16. The average Bonchev–Trinajstić information content (AvgIpc) is 2.45. The number of benzene rings is 1. The summed E-state index contributed by atoms with van der Waals surface area (Å²) in [6.07, 6.45) is 3.89. The van der Waals surface area contributed by atoms with E-state index in [9.17, 15) is 5.11 Å². The van der Waals surface area contributed by atoms with Gasteiger partial charge in [0.25, 0.3) is 0 Å². The number of hydrogen-bond acceptors (Lipinski definition) is 3. The van der Waals surface area contributed by atoms with Gasteiger partial charge in [-0.25, -0.2) is 0 Å². The maximum atomic E-state index is 9.92. The SMILES string of the molecule is OC(CNCCc1ccccc1)c1cccnc1. The molecule has 0 saturated heterocycles. The lowest BCUT2D eigenvalue weighted by Gasteiger charge is -2.11. The van der Waals surface area contributed by atoms with E-state index >= 15 is 0 Å². The van der Waals surface area contributed by atoms with Gasteiger partial charge in [0.05, 0.1) is 6.10 Å². The molecule has 0 fully saturated rings. The number of pyridine rings is 1. The molecule has 94 valence electrons. The van der Waals surface area contributed by atoms with Crippen LogP contribution in [0.5, 0.6) is 0 Å². The van der Waals surface area contributed by atoms with E-state index in [-0.39, 0.29) is 0 Å². The molecule has 2 N–H and O–H groups in total. The highest BCUT2D eigenvalue weighted by Crippen LogP contribution is 2.08. The third-order valence-electron chi connectivity index (χ3n) is 2.84. The Morgan fingerprint density at radius 3 is 2.67 bits per heavy atom. The molecule has 0 aliphatic rings. The van der Waals surface area contributed by atoms with Gasteiger partial charge in [0.2, 0.25) is 0 Å². The normalized spacial score (nSPS) is 12.3. The fourth-order valence-electron chi connectivity index (χ4n) is 1.81. The van der Waals surface area contributed by atoms with Crippen LogP contribution in [0.4, 0.5) is 0 Å². The van der Waals surface area contributed by atoms with Crippen LogP contribution < -0.4 is 5.32 Å². The monoisotopic (exact) mass is 242 g/mol. The number of aliphatic hydroxyl groups is 1. The third-order valence-corrected chi connectivity index (χ3v) is 2.84. The molecule has 1 aromatic carbocycles. The quantitative estimate of drug-likeness (QED) is 0.761. The maximum Gasteiger partial charge on any atom is 0.0929 e. The van der Waals surface area contributed by atoms with Crippen molar-refractivity contribution < 1.29 is 5.11 Å². The second-order valence-corrected chi connectivity index (χ2v) is 4.24. The largest absolute Gasteiger partial charge is 0.387 e. The molecule has 0 bridgehead atoms. The molecule has 1 aromatic heterocycles. The molecule has 0 radical (unpaired) electrons. The predicted octanol–water partition coefficient (Wildman–Crippen LogP) is 1.95. The minimum atomic E-state index is -0.491. The van der Waals surface area contributed by atoms with E-state index in [2.05, 4.69) is 22.4 Å². The van der Waals surface area contributed by atoms with Gasteiger partial charge in [0, 0.05) is 24.5 Å². The van der Waals surface area contributed by atoms with Gasteiger partial charge in [0.15, 0.2) is 0 Å². The Hall–Kier alpha value is -1.71. The molecule has 0 aliphatic heterocycles. The minimum absolute atomic E-state index is 0.491. The van der Waals surface area contributed by atoms with Crippen molar-refractivity contribution in [3.05, 3.63) is 66.0 Å². The molecule has 1 atom stereocenters. The molecule has 0 aliphatic carbocycles. The summed E-state index contributed by atoms with van der Waals surface area (Å²) in [6, 6.07) is 14.0. The van der Waals surface area contributed by atoms with Crippen molar-refractivity contribution in [2.24, 2.45) is 0 Å². The first-order chi connectivity index (χ1) is 8.86. The Morgan fingerprint density at radius 1 is 1.11 bits per heavy atom.